The van der Waals surface area contributed by atoms with Gasteiger partial charge in [0.15, 0.2) is 0 Å². The van der Waals surface area contributed by atoms with Crippen molar-refractivity contribution in [2.75, 3.05) is 10.6 Å². The first kappa shape index (κ1) is 27.0. The highest BCUT2D eigenvalue weighted by atomic mass is 32.2. The second-order valence-electron chi connectivity index (χ2n) is 8.90. The van der Waals surface area contributed by atoms with Crippen molar-refractivity contribution in [2.24, 2.45) is 0 Å². The summed E-state index contributed by atoms with van der Waals surface area (Å²) < 4.78 is 0. The molecule has 0 fully saturated rings. The largest absolute Gasteiger partial charge is 0.361 e. The van der Waals surface area contributed by atoms with Crippen LogP contribution in [0.5, 0.6) is 0 Å². The maximum Gasteiger partial charge on any atom is 0.272 e. The summed E-state index contributed by atoms with van der Waals surface area (Å²) in [7, 11) is 0. The van der Waals surface area contributed by atoms with Crippen LogP contribution in [0.4, 0.5) is 11.4 Å². The average Bonchev–Trinajstić information content (AvgIpc) is 3.65. The summed E-state index contributed by atoms with van der Waals surface area (Å²) >= 11 is 2.84. The molecule has 1 unspecified atom stereocenters. The first-order chi connectivity index (χ1) is 19.4. The lowest BCUT2D eigenvalue weighted by molar-refractivity contribution is -0.115. The fraction of sp³-hybridized carbons (Fsp3) is 0.0645. The highest BCUT2D eigenvalue weighted by Crippen LogP contribution is 2.27. The van der Waals surface area contributed by atoms with Gasteiger partial charge >= 0.3 is 0 Å². The smallest absolute Gasteiger partial charge is 0.272 e. The van der Waals surface area contributed by atoms with Crippen LogP contribution < -0.4 is 16.0 Å². The monoisotopic (exact) mass is 566 g/mol. The number of hydrogen-bond donors (Lipinski definition) is 4. The van der Waals surface area contributed by atoms with Gasteiger partial charge in [-0.25, -0.2) is 0 Å². The topological polar surface area (TPSA) is 103 Å². The molecule has 0 radical (unpaired) electrons. The van der Waals surface area contributed by atoms with E-state index in [0.29, 0.717) is 11.3 Å². The second kappa shape index (κ2) is 12.5. The Kier molecular flexibility index (Phi) is 8.44. The number of H-pyrrole nitrogens is 1. The van der Waals surface area contributed by atoms with Crippen LogP contribution in [0.3, 0.4) is 0 Å². The number of benzene rings is 3. The van der Waals surface area contributed by atoms with Crippen molar-refractivity contribution >= 4 is 69.2 Å². The summed E-state index contributed by atoms with van der Waals surface area (Å²) in [4.78, 5) is 43.7. The molecule has 0 saturated carbocycles. The predicted octanol–water partition coefficient (Wildman–Crippen LogP) is 6.76. The molecule has 0 spiro atoms. The van der Waals surface area contributed by atoms with Gasteiger partial charge in [0, 0.05) is 38.4 Å². The zero-order valence-electron chi connectivity index (χ0n) is 21.5. The van der Waals surface area contributed by atoms with E-state index in [4.69, 9.17) is 0 Å². The minimum absolute atomic E-state index is 0.126. The van der Waals surface area contributed by atoms with Crippen LogP contribution in [0.1, 0.15) is 22.2 Å². The number of fused-ring (bicyclic) bond motifs is 1. The quantitative estimate of drug-likeness (QED) is 0.117. The van der Waals surface area contributed by atoms with E-state index in [-0.39, 0.29) is 22.8 Å². The molecule has 1 atom stereocenters. The number of hydrogen-bond acceptors (Lipinski definition) is 5. The molecular formula is C31H26N4O3S2. The maximum absolute atomic E-state index is 13.3. The first-order valence-corrected chi connectivity index (χ1v) is 14.3. The third-order valence-electron chi connectivity index (χ3n) is 5.96. The molecule has 0 bridgehead atoms. The van der Waals surface area contributed by atoms with E-state index in [1.165, 1.54) is 23.1 Å². The maximum atomic E-state index is 13.3. The second-order valence-corrected chi connectivity index (χ2v) is 11.3. The molecule has 0 aliphatic heterocycles. The van der Waals surface area contributed by atoms with Crippen molar-refractivity contribution in [3.63, 3.8) is 0 Å². The molecule has 200 valence electrons. The lowest BCUT2D eigenvalue weighted by atomic mass is 10.2. The Labute approximate surface area is 239 Å². The van der Waals surface area contributed by atoms with Gasteiger partial charge in [-0.05, 0) is 78.4 Å². The highest BCUT2D eigenvalue weighted by molar-refractivity contribution is 8.00. The number of anilines is 2. The lowest BCUT2D eigenvalue weighted by Gasteiger charge is -2.14. The summed E-state index contributed by atoms with van der Waals surface area (Å²) in [5.74, 6) is -0.960. The number of rotatable bonds is 9. The summed E-state index contributed by atoms with van der Waals surface area (Å²) in [5, 5.41) is 11.2. The van der Waals surface area contributed by atoms with Crippen LogP contribution >= 0.6 is 23.1 Å². The van der Waals surface area contributed by atoms with Crippen LogP contribution in [-0.4, -0.2) is 28.0 Å². The van der Waals surface area contributed by atoms with E-state index in [1.807, 2.05) is 73.1 Å². The fourth-order valence-electron chi connectivity index (χ4n) is 3.93. The van der Waals surface area contributed by atoms with Crippen molar-refractivity contribution < 1.29 is 14.4 Å². The van der Waals surface area contributed by atoms with Crippen molar-refractivity contribution in [3.8, 4) is 0 Å². The Hall–Kier alpha value is -4.60. The van der Waals surface area contributed by atoms with Crippen molar-refractivity contribution in [1.29, 1.82) is 0 Å². The van der Waals surface area contributed by atoms with Gasteiger partial charge in [-0.2, -0.15) is 0 Å². The zero-order chi connectivity index (χ0) is 27.9. The lowest BCUT2D eigenvalue weighted by Crippen LogP contribution is -2.30. The molecule has 3 aromatic carbocycles. The molecular weight excluding hydrogens is 541 g/mol. The van der Waals surface area contributed by atoms with E-state index in [2.05, 4.69) is 20.9 Å². The van der Waals surface area contributed by atoms with Crippen molar-refractivity contribution in [1.82, 2.24) is 10.3 Å². The summed E-state index contributed by atoms with van der Waals surface area (Å²) in [6.07, 6.45) is 3.51. The molecule has 7 nitrogen and oxygen atoms in total. The van der Waals surface area contributed by atoms with E-state index < -0.39 is 5.91 Å². The van der Waals surface area contributed by atoms with Gasteiger partial charge in [0.2, 0.25) is 5.91 Å². The number of aromatic amines is 1. The molecule has 0 aliphatic rings. The van der Waals surface area contributed by atoms with Crippen LogP contribution in [0, 0.1) is 0 Å². The van der Waals surface area contributed by atoms with Gasteiger partial charge in [0.05, 0.1) is 5.25 Å². The van der Waals surface area contributed by atoms with Gasteiger partial charge in [-0.15, -0.1) is 23.1 Å². The van der Waals surface area contributed by atoms with Crippen LogP contribution in [0.25, 0.3) is 17.0 Å². The van der Waals surface area contributed by atoms with Crippen LogP contribution in [-0.2, 0) is 9.59 Å². The molecule has 5 rings (SSSR count). The molecule has 40 heavy (non-hydrogen) atoms. The van der Waals surface area contributed by atoms with Gasteiger partial charge in [0.25, 0.3) is 11.8 Å². The number of carbonyl (C=O) groups is 3. The Morgan fingerprint density at radius 2 is 1.70 bits per heavy atom. The number of thioether (sulfide) groups is 1. The van der Waals surface area contributed by atoms with Crippen molar-refractivity contribution in [3.05, 3.63) is 119 Å². The Bertz CT molecular complexity index is 1680. The highest BCUT2D eigenvalue weighted by Gasteiger charge is 2.18. The molecule has 3 amide bonds. The van der Waals surface area contributed by atoms with E-state index in [1.54, 1.807) is 42.5 Å². The number of nitrogens with one attached hydrogen (secondary N) is 4. The van der Waals surface area contributed by atoms with Gasteiger partial charge in [-0.3, -0.25) is 14.4 Å². The molecule has 5 aromatic rings. The summed E-state index contributed by atoms with van der Waals surface area (Å²) in [6, 6.07) is 27.4. The van der Waals surface area contributed by atoms with Crippen LogP contribution in [0.2, 0.25) is 0 Å². The van der Waals surface area contributed by atoms with Crippen LogP contribution in [0.15, 0.2) is 113 Å². The minimum Gasteiger partial charge on any atom is -0.361 e. The summed E-state index contributed by atoms with van der Waals surface area (Å²) in [5.41, 5.74) is 2.79. The predicted molar refractivity (Wildman–Crippen MR) is 164 cm³/mol. The van der Waals surface area contributed by atoms with E-state index >= 15 is 0 Å². The number of thiophene rings is 1. The fourth-order valence-corrected chi connectivity index (χ4v) is 5.51. The number of aromatic nitrogens is 1. The Morgan fingerprint density at radius 1 is 0.875 bits per heavy atom. The average molecular weight is 567 g/mol. The SMILES string of the molecule is CC(Sc1cccc(NC(=O)/C(=C/c2cccs2)NC(=O)c2ccccc2)c1)C(=O)Nc1ccc2cc[nH]c2c1. The number of amides is 3. The normalized spacial score (nSPS) is 12.1. The third-order valence-corrected chi connectivity index (χ3v) is 7.87. The zero-order valence-corrected chi connectivity index (χ0v) is 23.1. The molecule has 4 N–H and O–H groups in total. The number of carbonyl (C=O) groups excluding carboxylic acids is 3. The van der Waals surface area contributed by atoms with E-state index in [9.17, 15) is 14.4 Å². The first-order valence-electron chi connectivity index (χ1n) is 12.5. The standard InChI is InChI=1S/C31H26N4O3S2/c1-20(29(36)33-24-13-12-21-14-15-32-27(21)18-24)40-26-10-5-9-23(17-26)34-31(38)28(19-25-11-6-16-39-25)35-30(37)22-7-3-2-4-8-22/h2-20,32H,1H3,(H,33,36)(H,34,38)(H,35,37)/b28-19-. The van der Waals surface area contributed by atoms with Crippen molar-refractivity contribution in [2.45, 2.75) is 17.1 Å². The molecule has 2 aromatic heterocycles. The summed E-state index contributed by atoms with van der Waals surface area (Å²) in [6.45, 7) is 1.83. The Morgan fingerprint density at radius 3 is 2.50 bits per heavy atom. The van der Waals surface area contributed by atoms with Gasteiger partial charge < -0.3 is 20.9 Å². The molecule has 2 heterocycles. The third kappa shape index (κ3) is 6.88. The molecule has 9 heteroatoms. The molecule has 0 aliphatic carbocycles. The van der Waals surface area contributed by atoms with Gasteiger partial charge in [0.1, 0.15) is 5.70 Å². The Balaban J connectivity index is 1.25. The van der Waals surface area contributed by atoms with E-state index in [0.717, 1.165) is 26.4 Å². The van der Waals surface area contributed by atoms with Gasteiger partial charge in [-0.1, -0.05) is 36.4 Å². The molecule has 0 saturated heterocycles. The minimum atomic E-state index is -0.453.